The second-order valence-electron chi connectivity index (χ2n) is 5.07. The number of nitrogens with zero attached hydrogens (tertiary/aromatic N) is 3. The number of nitrogen functional groups attached to an aromatic ring is 1. The molecule has 0 bridgehead atoms. The molecular weight excluding hydrogens is 347 g/mol. The SMILES string of the molecule is CC(=O)c1c(C)[nH]c(C(=O)CSc2nnc(C(F)(F)F)n2N)c1C. The summed E-state index contributed by atoms with van der Waals surface area (Å²) in [7, 11) is 0. The van der Waals surface area contributed by atoms with Gasteiger partial charge in [0.25, 0.3) is 5.82 Å². The van der Waals surface area contributed by atoms with Crippen LogP contribution in [0, 0.1) is 13.8 Å². The zero-order chi connectivity index (χ0) is 18.2. The van der Waals surface area contributed by atoms with Crippen LogP contribution in [0.5, 0.6) is 0 Å². The van der Waals surface area contributed by atoms with Crippen LogP contribution in [0.25, 0.3) is 0 Å². The molecule has 0 radical (unpaired) electrons. The standard InChI is InChI=1S/C13H14F3N5O2S/c1-5-9(7(3)22)6(2)18-10(5)8(23)4-24-12-20-19-11(21(12)17)13(14,15)16/h18H,4,17H2,1-3H3. The van der Waals surface area contributed by atoms with Gasteiger partial charge in [-0.15, -0.1) is 10.2 Å². The van der Waals surface area contributed by atoms with Crippen molar-refractivity contribution in [1.29, 1.82) is 0 Å². The van der Waals surface area contributed by atoms with Gasteiger partial charge >= 0.3 is 6.18 Å². The number of aromatic amines is 1. The lowest BCUT2D eigenvalue weighted by Gasteiger charge is -2.05. The van der Waals surface area contributed by atoms with Gasteiger partial charge in [0, 0.05) is 11.3 Å². The summed E-state index contributed by atoms with van der Waals surface area (Å²) in [6.07, 6.45) is -4.73. The molecule has 0 aromatic carbocycles. The first kappa shape index (κ1) is 18.0. The number of nitrogens with one attached hydrogen (secondary N) is 1. The minimum atomic E-state index is -4.73. The van der Waals surface area contributed by atoms with Crippen LogP contribution in [0.15, 0.2) is 5.16 Å². The minimum Gasteiger partial charge on any atom is -0.355 e. The maximum absolute atomic E-state index is 12.6. The van der Waals surface area contributed by atoms with Gasteiger partial charge < -0.3 is 10.8 Å². The lowest BCUT2D eigenvalue weighted by atomic mass is 10.1. The summed E-state index contributed by atoms with van der Waals surface area (Å²) in [5.74, 6) is 3.19. The van der Waals surface area contributed by atoms with Gasteiger partial charge in [-0.25, -0.2) is 4.68 Å². The largest absolute Gasteiger partial charge is 0.453 e. The number of carbonyl (C=O) groups is 2. The number of hydrogen-bond acceptors (Lipinski definition) is 6. The molecule has 0 saturated heterocycles. The van der Waals surface area contributed by atoms with Gasteiger partial charge in [0.05, 0.1) is 11.4 Å². The van der Waals surface area contributed by atoms with Crippen LogP contribution in [0.1, 0.15) is 44.9 Å². The zero-order valence-corrected chi connectivity index (χ0v) is 13.8. The first-order valence-corrected chi connectivity index (χ1v) is 7.66. The van der Waals surface area contributed by atoms with Crippen molar-refractivity contribution in [1.82, 2.24) is 19.9 Å². The smallest absolute Gasteiger partial charge is 0.355 e. The first-order chi connectivity index (χ1) is 11.0. The highest BCUT2D eigenvalue weighted by Gasteiger charge is 2.38. The number of H-pyrrole nitrogens is 1. The Kier molecular flexibility index (Phi) is 4.74. The Morgan fingerprint density at radius 2 is 1.92 bits per heavy atom. The fourth-order valence-electron chi connectivity index (χ4n) is 2.33. The fraction of sp³-hybridized carbons (Fsp3) is 0.385. The van der Waals surface area contributed by atoms with E-state index in [0.717, 1.165) is 11.8 Å². The Hall–Kier alpha value is -2.30. The summed E-state index contributed by atoms with van der Waals surface area (Å²) >= 11 is 0.729. The van der Waals surface area contributed by atoms with Crippen LogP contribution in [0.3, 0.4) is 0 Å². The van der Waals surface area contributed by atoms with Crippen molar-refractivity contribution in [2.45, 2.75) is 32.1 Å². The van der Waals surface area contributed by atoms with E-state index in [4.69, 9.17) is 5.84 Å². The van der Waals surface area contributed by atoms with Crippen molar-refractivity contribution in [3.63, 3.8) is 0 Å². The maximum Gasteiger partial charge on any atom is 0.453 e. The number of alkyl halides is 3. The molecule has 2 rings (SSSR count). The highest BCUT2D eigenvalue weighted by Crippen LogP contribution is 2.29. The molecule has 11 heteroatoms. The van der Waals surface area contributed by atoms with Gasteiger partial charge in [0.1, 0.15) is 0 Å². The van der Waals surface area contributed by atoms with Crippen LogP contribution in [-0.2, 0) is 6.18 Å². The van der Waals surface area contributed by atoms with Crippen molar-refractivity contribution >= 4 is 23.3 Å². The lowest BCUT2D eigenvalue weighted by Crippen LogP contribution is -2.21. The summed E-state index contributed by atoms with van der Waals surface area (Å²) in [5, 5.41) is 6.08. The molecule has 130 valence electrons. The summed E-state index contributed by atoms with van der Waals surface area (Å²) in [5.41, 5.74) is 1.75. The van der Waals surface area contributed by atoms with Gasteiger partial charge in [0.2, 0.25) is 5.16 Å². The Labute approximate surface area is 138 Å². The van der Waals surface area contributed by atoms with E-state index in [9.17, 15) is 22.8 Å². The van der Waals surface area contributed by atoms with Crippen LogP contribution in [0.2, 0.25) is 0 Å². The monoisotopic (exact) mass is 361 g/mol. The summed E-state index contributed by atoms with van der Waals surface area (Å²) in [6.45, 7) is 4.69. The topological polar surface area (TPSA) is 107 Å². The van der Waals surface area contributed by atoms with E-state index in [1.165, 1.54) is 6.92 Å². The molecule has 0 amide bonds. The molecule has 0 spiro atoms. The number of ketones is 2. The second-order valence-corrected chi connectivity index (χ2v) is 6.01. The normalized spacial score (nSPS) is 11.8. The number of aromatic nitrogens is 4. The van der Waals surface area contributed by atoms with Crippen LogP contribution >= 0.6 is 11.8 Å². The van der Waals surface area contributed by atoms with E-state index in [1.54, 1.807) is 13.8 Å². The van der Waals surface area contributed by atoms with E-state index >= 15 is 0 Å². The van der Waals surface area contributed by atoms with Crippen molar-refractivity contribution in [3.8, 4) is 0 Å². The number of rotatable bonds is 5. The van der Waals surface area contributed by atoms with Crippen molar-refractivity contribution < 1.29 is 22.8 Å². The second kappa shape index (κ2) is 6.30. The van der Waals surface area contributed by atoms with Crippen molar-refractivity contribution in [2.24, 2.45) is 0 Å². The van der Waals surface area contributed by atoms with E-state index < -0.39 is 12.0 Å². The first-order valence-electron chi connectivity index (χ1n) is 6.67. The molecule has 0 aliphatic rings. The average Bonchev–Trinajstić information content (AvgIpc) is 2.96. The molecule has 0 saturated carbocycles. The third-order valence-electron chi connectivity index (χ3n) is 3.32. The maximum atomic E-state index is 12.6. The minimum absolute atomic E-state index is 0.176. The van der Waals surface area contributed by atoms with Crippen LogP contribution < -0.4 is 5.84 Å². The van der Waals surface area contributed by atoms with Gasteiger partial charge in [-0.05, 0) is 26.3 Å². The highest BCUT2D eigenvalue weighted by atomic mass is 32.2. The number of Topliss-reactive ketones (excluding diaryl/α,β-unsaturated/α-hetero) is 2. The highest BCUT2D eigenvalue weighted by molar-refractivity contribution is 7.99. The van der Waals surface area contributed by atoms with E-state index in [0.29, 0.717) is 21.5 Å². The van der Waals surface area contributed by atoms with Crippen molar-refractivity contribution in [2.75, 3.05) is 11.6 Å². The Morgan fingerprint density at radius 3 is 2.38 bits per heavy atom. The van der Waals surface area contributed by atoms with Crippen LogP contribution in [0.4, 0.5) is 13.2 Å². The summed E-state index contributed by atoms with van der Waals surface area (Å²) in [6, 6.07) is 0. The summed E-state index contributed by atoms with van der Waals surface area (Å²) in [4.78, 5) is 26.7. The van der Waals surface area contributed by atoms with Crippen LogP contribution in [-0.4, -0.2) is 37.2 Å². The van der Waals surface area contributed by atoms with Gasteiger partial charge in [0.15, 0.2) is 11.6 Å². The number of carbonyl (C=O) groups excluding carboxylic acids is 2. The molecule has 0 unspecified atom stereocenters. The third-order valence-corrected chi connectivity index (χ3v) is 4.26. The molecule has 0 fully saturated rings. The molecule has 2 heterocycles. The predicted molar refractivity (Wildman–Crippen MR) is 80.5 cm³/mol. The van der Waals surface area contributed by atoms with E-state index in [-0.39, 0.29) is 28.2 Å². The molecule has 0 aliphatic carbocycles. The molecule has 0 aliphatic heterocycles. The zero-order valence-electron chi connectivity index (χ0n) is 13.0. The Balaban J connectivity index is 2.17. The predicted octanol–water partition coefficient (Wildman–Crippen LogP) is 2.13. The number of halogens is 3. The molecule has 7 nitrogen and oxygen atoms in total. The Morgan fingerprint density at radius 1 is 1.29 bits per heavy atom. The van der Waals surface area contributed by atoms with E-state index in [2.05, 4.69) is 15.2 Å². The lowest BCUT2D eigenvalue weighted by molar-refractivity contribution is -0.146. The van der Waals surface area contributed by atoms with Gasteiger partial charge in [-0.3, -0.25) is 9.59 Å². The summed E-state index contributed by atoms with van der Waals surface area (Å²) < 4.78 is 38.1. The molecule has 24 heavy (non-hydrogen) atoms. The Bertz CT molecular complexity index is 809. The molecular formula is C13H14F3N5O2S. The quantitative estimate of drug-likeness (QED) is 0.480. The van der Waals surface area contributed by atoms with Crippen molar-refractivity contribution in [3.05, 3.63) is 28.3 Å². The third kappa shape index (κ3) is 3.30. The molecule has 2 aromatic rings. The molecule has 2 aromatic heterocycles. The number of aryl methyl sites for hydroxylation is 1. The molecule has 0 atom stereocenters. The average molecular weight is 361 g/mol. The van der Waals surface area contributed by atoms with Gasteiger partial charge in [-0.2, -0.15) is 13.2 Å². The van der Waals surface area contributed by atoms with E-state index in [1.807, 2.05) is 0 Å². The number of thioether (sulfide) groups is 1. The number of hydrogen-bond donors (Lipinski definition) is 2. The van der Waals surface area contributed by atoms with Gasteiger partial charge in [-0.1, -0.05) is 11.8 Å². The number of nitrogens with two attached hydrogens (primary N) is 1. The molecule has 3 N–H and O–H groups in total. The fourth-order valence-corrected chi connectivity index (χ4v) is 3.06.